The third-order valence-corrected chi connectivity index (χ3v) is 4.53. The number of benzene rings is 1. The fraction of sp³-hybridized carbons (Fsp3) is 0.250. The molecule has 0 bridgehead atoms. The summed E-state index contributed by atoms with van der Waals surface area (Å²) in [7, 11) is 1.83. The maximum atomic E-state index is 13.3. The summed E-state index contributed by atoms with van der Waals surface area (Å²) in [5.74, 6) is -0.907. The Morgan fingerprint density at radius 2 is 2.12 bits per heavy atom. The first-order valence-corrected chi connectivity index (χ1v) is 8.28. The van der Waals surface area contributed by atoms with E-state index in [4.69, 9.17) is 5.73 Å². The predicted molar refractivity (Wildman–Crippen MR) is 90.8 cm³/mol. The molecule has 0 aliphatic rings. The van der Waals surface area contributed by atoms with Gasteiger partial charge in [0.05, 0.1) is 5.00 Å². The Hall–Kier alpha value is -2.32. The highest BCUT2D eigenvalue weighted by Crippen LogP contribution is 2.28. The van der Waals surface area contributed by atoms with Crippen molar-refractivity contribution in [2.75, 3.05) is 11.9 Å². The smallest absolute Gasteiger partial charge is 0.159 e. The standard InChI is InChI=1S/C16H17F2N5S/c1-23-16(20-9-21-23)11-6-15(24-8-11)22-12(7-19)4-10-2-3-13(17)14(18)5-10/h2-3,5-6,8-9,12,22H,4,7,19H2,1H3/t12-/m0/s1. The molecule has 3 aromatic rings. The monoisotopic (exact) mass is 349 g/mol. The van der Waals surface area contributed by atoms with Crippen molar-refractivity contribution >= 4 is 16.3 Å². The van der Waals surface area contributed by atoms with Gasteiger partial charge in [0.2, 0.25) is 0 Å². The van der Waals surface area contributed by atoms with Crippen LogP contribution in [-0.2, 0) is 13.5 Å². The number of aryl methyl sites for hydroxylation is 1. The van der Waals surface area contributed by atoms with Crippen LogP contribution in [0.15, 0.2) is 36.0 Å². The zero-order chi connectivity index (χ0) is 17.1. The van der Waals surface area contributed by atoms with E-state index in [2.05, 4.69) is 15.4 Å². The molecule has 0 spiro atoms. The minimum atomic E-state index is -0.845. The van der Waals surface area contributed by atoms with Gasteiger partial charge in [-0.25, -0.2) is 18.4 Å². The van der Waals surface area contributed by atoms with Gasteiger partial charge in [-0.05, 0) is 30.2 Å². The van der Waals surface area contributed by atoms with E-state index in [9.17, 15) is 8.78 Å². The van der Waals surface area contributed by atoms with Gasteiger partial charge < -0.3 is 11.1 Å². The van der Waals surface area contributed by atoms with Crippen LogP contribution in [0.5, 0.6) is 0 Å². The number of hydrogen-bond donors (Lipinski definition) is 2. The number of thiophene rings is 1. The zero-order valence-corrected chi connectivity index (χ0v) is 13.9. The molecule has 1 aromatic carbocycles. The van der Waals surface area contributed by atoms with E-state index in [1.165, 1.54) is 23.7 Å². The first kappa shape index (κ1) is 16.5. The van der Waals surface area contributed by atoms with Crippen molar-refractivity contribution in [3.05, 3.63) is 53.2 Å². The molecule has 0 saturated carbocycles. The molecule has 24 heavy (non-hydrogen) atoms. The Kier molecular flexibility index (Phi) is 4.86. The summed E-state index contributed by atoms with van der Waals surface area (Å²) in [6.07, 6.45) is 2.01. The molecule has 0 saturated heterocycles. The summed E-state index contributed by atoms with van der Waals surface area (Å²) in [6, 6.07) is 5.81. The van der Waals surface area contributed by atoms with Gasteiger partial charge >= 0.3 is 0 Å². The minimum absolute atomic E-state index is 0.0825. The topological polar surface area (TPSA) is 68.8 Å². The van der Waals surface area contributed by atoms with Gasteiger partial charge in [-0.15, -0.1) is 11.3 Å². The van der Waals surface area contributed by atoms with Crippen molar-refractivity contribution in [2.45, 2.75) is 12.5 Å². The quantitative estimate of drug-likeness (QED) is 0.718. The molecule has 3 N–H and O–H groups in total. The zero-order valence-electron chi connectivity index (χ0n) is 13.0. The number of nitrogens with zero attached hydrogens (tertiary/aromatic N) is 3. The number of aromatic nitrogens is 3. The van der Waals surface area contributed by atoms with E-state index in [-0.39, 0.29) is 6.04 Å². The van der Waals surface area contributed by atoms with E-state index >= 15 is 0 Å². The van der Waals surface area contributed by atoms with Crippen LogP contribution in [0.25, 0.3) is 11.4 Å². The van der Waals surface area contributed by atoms with E-state index in [1.807, 2.05) is 18.5 Å². The third kappa shape index (κ3) is 3.60. The van der Waals surface area contributed by atoms with Crippen molar-refractivity contribution in [1.82, 2.24) is 14.8 Å². The first-order chi connectivity index (χ1) is 11.6. The van der Waals surface area contributed by atoms with Crippen LogP contribution < -0.4 is 11.1 Å². The second kappa shape index (κ2) is 7.06. The molecule has 2 aromatic heterocycles. The largest absolute Gasteiger partial charge is 0.373 e. The van der Waals surface area contributed by atoms with Crippen LogP contribution in [0.3, 0.4) is 0 Å². The number of halogens is 2. The number of hydrogen-bond acceptors (Lipinski definition) is 5. The highest BCUT2D eigenvalue weighted by Gasteiger charge is 2.13. The SMILES string of the molecule is Cn1ncnc1-c1csc(N[C@H](CN)Cc2ccc(F)c(F)c2)c1. The Morgan fingerprint density at radius 1 is 1.29 bits per heavy atom. The predicted octanol–water partition coefficient (Wildman–Crippen LogP) is 2.80. The van der Waals surface area contributed by atoms with Gasteiger partial charge in [-0.2, -0.15) is 5.10 Å². The van der Waals surface area contributed by atoms with Crippen molar-refractivity contribution in [1.29, 1.82) is 0 Å². The molecule has 1 atom stereocenters. The molecule has 0 amide bonds. The molecule has 0 aliphatic heterocycles. The lowest BCUT2D eigenvalue weighted by Gasteiger charge is -2.17. The minimum Gasteiger partial charge on any atom is -0.373 e. The molecule has 0 fully saturated rings. The maximum Gasteiger partial charge on any atom is 0.159 e. The number of nitrogens with one attached hydrogen (secondary N) is 1. The van der Waals surface area contributed by atoms with Crippen LogP contribution in [0.4, 0.5) is 13.8 Å². The molecule has 8 heteroatoms. The van der Waals surface area contributed by atoms with E-state index in [0.29, 0.717) is 18.5 Å². The Balaban J connectivity index is 1.70. The lowest BCUT2D eigenvalue weighted by atomic mass is 10.1. The van der Waals surface area contributed by atoms with E-state index in [0.717, 1.165) is 22.5 Å². The van der Waals surface area contributed by atoms with Crippen molar-refractivity contribution in [3.63, 3.8) is 0 Å². The van der Waals surface area contributed by atoms with Gasteiger partial charge in [-0.3, -0.25) is 0 Å². The molecule has 0 unspecified atom stereocenters. The maximum absolute atomic E-state index is 13.3. The lowest BCUT2D eigenvalue weighted by Crippen LogP contribution is -2.30. The number of anilines is 1. The Bertz CT molecular complexity index is 829. The summed E-state index contributed by atoms with van der Waals surface area (Å²) in [5.41, 5.74) is 7.47. The van der Waals surface area contributed by atoms with Gasteiger partial charge in [0.1, 0.15) is 6.33 Å². The van der Waals surface area contributed by atoms with E-state index in [1.54, 1.807) is 10.7 Å². The Morgan fingerprint density at radius 3 is 2.79 bits per heavy atom. The summed E-state index contributed by atoms with van der Waals surface area (Å²) in [6.45, 7) is 0.371. The van der Waals surface area contributed by atoms with Crippen molar-refractivity contribution in [3.8, 4) is 11.4 Å². The molecule has 2 heterocycles. The highest BCUT2D eigenvalue weighted by molar-refractivity contribution is 7.14. The highest BCUT2D eigenvalue weighted by atomic mass is 32.1. The van der Waals surface area contributed by atoms with Crippen LogP contribution in [0, 0.1) is 11.6 Å². The lowest BCUT2D eigenvalue weighted by molar-refractivity contribution is 0.506. The summed E-state index contributed by atoms with van der Waals surface area (Å²) < 4.78 is 28.0. The third-order valence-electron chi connectivity index (χ3n) is 3.67. The van der Waals surface area contributed by atoms with E-state index < -0.39 is 11.6 Å². The summed E-state index contributed by atoms with van der Waals surface area (Å²) in [5, 5.41) is 10.3. The van der Waals surface area contributed by atoms with Gasteiger partial charge in [-0.1, -0.05) is 6.07 Å². The molecular formula is C16H17F2N5S. The molecule has 0 radical (unpaired) electrons. The molecule has 5 nitrogen and oxygen atoms in total. The summed E-state index contributed by atoms with van der Waals surface area (Å²) in [4.78, 5) is 4.21. The molecule has 3 rings (SSSR count). The first-order valence-electron chi connectivity index (χ1n) is 7.40. The molecule has 0 aliphatic carbocycles. The average molecular weight is 349 g/mol. The number of nitrogens with two attached hydrogens (primary N) is 1. The summed E-state index contributed by atoms with van der Waals surface area (Å²) >= 11 is 1.53. The average Bonchev–Trinajstić information content (AvgIpc) is 3.19. The molecular weight excluding hydrogens is 332 g/mol. The van der Waals surface area contributed by atoms with Crippen LogP contribution in [0.1, 0.15) is 5.56 Å². The van der Waals surface area contributed by atoms with Gasteiger partial charge in [0, 0.05) is 30.6 Å². The van der Waals surface area contributed by atoms with Gasteiger partial charge in [0.15, 0.2) is 17.5 Å². The molecule has 126 valence electrons. The second-order valence-electron chi connectivity index (χ2n) is 5.44. The fourth-order valence-corrected chi connectivity index (χ4v) is 3.29. The Labute approximate surface area is 142 Å². The van der Waals surface area contributed by atoms with Crippen molar-refractivity contribution in [2.24, 2.45) is 12.8 Å². The second-order valence-corrected chi connectivity index (χ2v) is 6.35. The van der Waals surface area contributed by atoms with Crippen LogP contribution in [-0.4, -0.2) is 27.4 Å². The van der Waals surface area contributed by atoms with Crippen LogP contribution >= 0.6 is 11.3 Å². The normalized spacial score (nSPS) is 12.3. The van der Waals surface area contributed by atoms with Crippen molar-refractivity contribution < 1.29 is 8.78 Å². The fourth-order valence-electron chi connectivity index (χ4n) is 2.43. The van der Waals surface area contributed by atoms with Gasteiger partial charge in [0.25, 0.3) is 0 Å². The number of rotatable bonds is 6. The van der Waals surface area contributed by atoms with Crippen LogP contribution in [0.2, 0.25) is 0 Å².